The molecule has 0 saturated heterocycles. The van der Waals surface area contributed by atoms with Gasteiger partial charge in [-0.3, -0.25) is 4.90 Å². The van der Waals surface area contributed by atoms with Gasteiger partial charge in [0.1, 0.15) is 5.69 Å². The Morgan fingerprint density at radius 3 is 2.33 bits per heavy atom. The topological polar surface area (TPSA) is 52.1 Å². The Morgan fingerprint density at radius 1 is 1.07 bits per heavy atom. The number of hydrogen-bond donors (Lipinski definition) is 2. The fourth-order valence-corrected chi connectivity index (χ4v) is 3.33. The highest BCUT2D eigenvalue weighted by Crippen LogP contribution is 2.39. The lowest BCUT2D eigenvalue weighted by molar-refractivity contribution is -0.142. The number of H-pyrrole nitrogens is 1. The number of pyridine rings is 1. The Kier molecular flexibility index (Phi) is 5.83. The maximum absolute atomic E-state index is 13.3. The molecule has 2 N–H and O–H groups in total. The predicted octanol–water partition coefficient (Wildman–Crippen LogP) is 5.07. The molecule has 3 rings (SSSR count). The molecule has 1 aromatic carbocycles. The minimum atomic E-state index is -4.96. The second-order valence-electron chi connectivity index (χ2n) is 7.17. The van der Waals surface area contributed by atoms with Crippen molar-refractivity contribution in [2.75, 3.05) is 13.6 Å². The average molecular weight is 431 g/mol. The lowest BCUT2D eigenvalue weighted by atomic mass is 9.99. The maximum atomic E-state index is 13.3. The number of rotatable bonds is 5. The van der Waals surface area contributed by atoms with Gasteiger partial charge in [0.25, 0.3) is 0 Å². The summed E-state index contributed by atoms with van der Waals surface area (Å²) in [7, 11) is 1.65. The third-order valence-corrected chi connectivity index (χ3v) is 4.64. The van der Waals surface area contributed by atoms with E-state index < -0.39 is 35.2 Å². The molecule has 10 heteroatoms. The molecule has 1 atom stereocenters. The van der Waals surface area contributed by atoms with Crippen LogP contribution in [0.25, 0.3) is 10.9 Å². The van der Waals surface area contributed by atoms with Crippen LogP contribution in [0.5, 0.6) is 0 Å². The van der Waals surface area contributed by atoms with Crippen LogP contribution >= 0.6 is 0 Å². The number of aliphatic hydroxyl groups is 1. The van der Waals surface area contributed by atoms with Gasteiger partial charge >= 0.3 is 12.4 Å². The summed E-state index contributed by atoms with van der Waals surface area (Å²) in [5.41, 5.74) is -2.10. The molecule has 2 heterocycles. The molecule has 0 saturated carbocycles. The van der Waals surface area contributed by atoms with Crippen LogP contribution in [0.15, 0.2) is 36.4 Å². The number of benzene rings is 1. The first-order chi connectivity index (χ1) is 13.9. The molecule has 30 heavy (non-hydrogen) atoms. The molecule has 0 aliphatic carbocycles. The van der Waals surface area contributed by atoms with Gasteiger partial charge in [-0.1, -0.05) is 12.1 Å². The van der Waals surface area contributed by atoms with Crippen LogP contribution in [-0.4, -0.2) is 33.6 Å². The first-order valence-electron chi connectivity index (χ1n) is 8.95. The minimum absolute atomic E-state index is 0.0925. The zero-order valence-electron chi connectivity index (χ0n) is 16.1. The molecule has 0 fully saturated rings. The third kappa shape index (κ3) is 4.76. The van der Waals surface area contributed by atoms with E-state index in [1.807, 2.05) is 19.1 Å². The summed E-state index contributed by atoms with van der Waals surface area (Å²) >= 11 is 0. The number of fused-ring (bicyclic) bond motifs is 1. The van der Waals surface area contributed by atoms with Crippen LogP contribution in [0, 0.1) is 6.92 Å². The summed E-state index contributed by atoms with van der Waals surface area (Å²) in [5, 5.41) is 10.5. The molecule has 0 aliphatic rings. The number of aryl methyl sites for hydroxylation is 1. The van der Waals surface area contributed by atoms with Gasteiger partial charge in [0.2, 0.25) is 0 Å². The molecule has 0 amide bonds. The van der Waals surface area contributed by atoms with Crippen molar-refractivity contribution >= 4 is 10.9 Å². The van der Waals surface area contributed by atoms with E-state index in [-0.39, 0.29) is 17.5 Å². The summed E-state index contributed by atoms with van der Waals surface area (Å²) in [6, 6.07) is 7.28. The van der Waals surface area contributed by atoms with E-state index >= 15 is 0 Å². The lowest BCUT2D eigenvalue weighted by Gasteiger charge is -2.23. The van der Waals surface area contributed by atoms with Gasteiger partial charge < -0.3 is 10.1 Å². The molecule has 0 aliphatic heterocycles. The monoisotopic (exact) mass is 431 g/mol. The van der Waals surface area contributed by atoms with E-state index in [1.165, 1.54) is 6.07 Å². The Balaban J connectivity index is 2.02. The van der Waals surface area contributed by atoms with Gasteiger partial charge in [-0.15, -0.1) is 0 Å². The van der Waals surface area contributed by atoms with E-state index in [0.29, 0.717) is 18.7 Å². The van der Waals surface area contributed by atoms with Crippen molar-refractivity contribution in [1.82, 2.24) is 14.9 Å². The van der Waals surface area contributed by atoms with Gasteiger partial charge in [-0.05, 0) is 43.8 Å². The van der Waals surface area contributed by atoms with E-state index in [2.05, 4.69) is 9.97 Å². The molecule has 3 aromatic rings. The Labute approximate surface area is 168 Å². The molecule has 0 radical (unpaired) electrons. The number of aliphatic hydroxyl groups excluding tert-OH is 1. The van der Waals surface area contributed by atoms with Gasteiger partial charge in [0.05, 0.1) is 17.2 Å². The second-order valence-corrected chi connectivity index (χ2v) is 7.17. The summed E-state index contributed by atoms with van der Waals surface area (Å²) in [5.74, 6) is 0. The summed E-state index contributed by atoms with van der Waals surface area (Å²) in [6.07, 6.45) is -11.3. The number of para-hydroxylation sites is 1. The smallest absolute Gasteiger partial charge is 0.387 e. The Hall–Kier alpha value is -2.59. The minimum Gasteiger partial charge on any atom is -0.387 e. The number of aromatic amines is 1. The van der Waals surface area contributed by atoms with Crippen molar-refractivity contribution in [3.05, 3.63) is 64.6 Å². The molecule has 4 nitrogen and oxygen atoms in total. The lowest BCUT2D eigenvalue weighted by Crippen LogP contribution is -2.25. The first kappa shape index (κ1) is 22.1. The van der Waals surface area contributed by atoms with Crippen LogP contribution in [0.1, 0.15) is 34.3 Å². The van der Waals surface area contributed by atoms with Crippen LogP contribution in [0.2, 0.25) is 0 Å². The molecular formula is C20H19F6N3O. The van der Waals surface area contributed by atoms with Crippen LogP contribution in [0.3, 0.4) is 0 Å². The van der Waals surface area contributed by atoms with E-state index in [1.54, 1.807) is 11.9 Å². The number of alkyl halides is 6. The number of nitrogens with one attached hydrogen (secondary N) is 1. The number of nitrogens with zero attached hydrogens (tertiary/aromatic N) is 2. The summed E-state index contributed by atoms with van der Waals surface area (Å²) in [6.45, 7) is 2.14. The zero-order valence-corrected chi connectivity index (χ0v) is 16.1. The predicted molar refractivity (Wildman–Crippen MR) is 98.6 cm³/mol. The van der Waals surface area contributed by atoms with Gasteiger partial charge in [0.15, 0.2) is 0 Å². The molecular weight excluding hydrogens is 412 g/mol. The van der Waals surface area contributed by atoms with E-state index in [9.17, 15) is 31.4 Å². The quantitative estimate of drug-likeness (QED) is 0.555. The molecule has 1 unspecified atom stereocenters. The van der Waals surface area contributed by atoms with Crippen molar-refractivity contribution in [2.45, 2.75) is 31.9 Å². The van der Waals surface area contributed by atoms with Gasteiger partial charge in [-0.25, -0.2) is 4.98 Å². The zero-order chi connectivity index (χ0) is 22.3. The highest BCUT2D eigenvalue weighted by Gasteiger charge is 2.38. The van der Waals surface area contributed by atoms with Crippen molar-refractivity contribution < 1.29 is 31.4 Å². The second kappa shape index (κ2) is 7.92. The first-order valence-corrected chi connectivity index (χ1v) is 8.95. The van der Waals surface area contributed by atoms with Crippen LogP contribution in [-0.2, 0) is 18.9 Å². The van der Waals surface area contributed by atoms with Crippen LogP contribution in [0.4, 0.5) is 26.3 Å². The number of halogens is 6. The van der Waals surface area contributed by atoms with Crippen molar-refractivity contribution in [2.24, 2.45) is 0 Å². The highest BCUT2D eigenvalue weighted by molar-refractivity contribution is 5.86. The standard InChI is InChI=1S/C20H19F6N3O/c1-11-6-7-12(27-11)9-29(2)10-16(30)14-8-17(20(24,25)26)28-18-13(14)4-3-5-15(18)19(21,22)23/h3-8,16,27,30H,9-10H2,1-2H3. The van der Waals surface area contributed by atoms with E-state index in [4.69, 9.17) is 0 Å². The Morgan fingerprint density at radius 2 is 1.77 bits per heavy atom. The molecule has 0 spiro atoms. The normalized spacial score (nSPS) is 13.9. The number of likely N-dealkylation sites (N-methyl/N-ethyl adjacent to an activating group) is 1. The molecule has 2 aromatic heterocycles. The fraction of sp³-hybridized carbons (Fsp3) is 0.350. The molecule has 162 valence electrons. The average Bonchev–Trinajstić information content (AvgIpc) is 3.02. The maximum Gasteiger partial charge on any atom is 0.433 e. The molecule has 0 bridgehead atoms. The fourth-order valence-electron chi connectivity index (χ4n) is 3.33. The van der Waals surface area contributed by atoms with E-state index in [0.717, 1.165) is 17.5 Å². The number of aromatic nitrogens is 2. The largest absolute Gasteiger partial charge is 0.433 e. The highest BCUT2D eigenvalue weighted by atomic mass is 19.4. The van der Waals surface area contributed by atoms with Crippen molar-refractivity contribution in [1.29, 1.82) is 0 Å². The van der Waals surface area contributed by atoms with Crippen molar-refractivity contribution in [3.63, 3.8) is 0 Å². The SMILES string of the molecule is Cc1ccc(CN(C)CC(O)c2cc(C(F)(F)F)nc3c(C(F)(F)F)cccc23)[nH]1. The number of hydrogen-bond acceptors (Lipinski definition) is 3. The third-order valence-electron chi connectivity index (χ3n) is 4.64. The van der Waals surface area contributed by atoms with Crippen molar-refractivity contribution in [3.8, 4) is 0 Å². The van der Waals surface area contributed by atoms with Gasteiger partial charge in [-0.2, -0.15) is 26.3 Å². The van der Waals surface area contributed by atoms with Gasteiger partial charge in [0, 0.05) is 29.9 Å². The summed E-state index contributed by atoms with van der Waals surface area (Å²) in [4.78, 5) is 7.98. The van der Waals surface area contributed by atoms with Crippen LogP contribution < -0.4 is 0 Å². The Bertz CT molecular complexity index is 1040. The summed E-state index contributed by atoms with van der Waals surface area (Å²) < 4.78 is 79.9.